The molecule has 1 atom stereocenters. The highest BCUT2D eigenvalue weighted by atomic mass is 16.5. The molecule has 0 radical (unpaired) electrons. The first kappa shape index (κ1) is 16.0. The van der Waals surface area contributed by atoms with E-state index in [0.717, 1.165) is 18.8 Å². The van der Waals surface area contributed by atoms with E-state index in [4.69, 9.17) is 4.74 Å². The first-order valence-electron chi connectivity index (χ1n) is 7.59. The van der Waals surface area contributed by atoms with Crippen molar-refractivity contribution in [3.05, 3.63) is 29.8 Å². The minimum absolute atomic E-state index is 0.0348. The SMILES string of the molecule is C[C@@H]1CN(CC(=O)Nc2ccc(C(C)(C)C)cc2)CCO1. The van der Waals surface area contributed by atoms with Gasteiger partial charge in [0.05, 0.1) is 19.3 Å². The van der Waals surface area contributed by atoms with E-state index < -0.39 is 0 Å². The summed E-state index contributed by atoms with van der Waals surface area (Å²) in [6.07, 6.45) is 0.206. The van der Waals surface area contributed by atoms with Crippen molar-refractivity contribution in [2.24, 2.45) is 0 Å². The molecule has 1 saturated heterocycles. The molecule has 0 aliphatic carbocycles. The third-order valence-corrected chi connectivity index (χ3v) is 3.73. The molecule has 1 aromatic rings. The quantitative estimate of drug-likeness (QED) is 0.930. The fourth-order valence-electron chi connectivity index (χ4n) is 2.49. The number of nitrogens with zero attached hydrogens (tertiary/aromatic N) is 1. The largest absolute Gasteiger partial charge is 0.376 e. The van der Waals surface area contributed by atoms with Gasteiger partial charge in [-0.15, -0.1) is 0 Å². The Hall–Kier alpha value is -1.39. The van der Waals surface area contributed by atoms with Gasteiger partial charge >= 0.3 is 0 Å². The highest BCUT2D eigenvalue weighted by Crippen LogP contribution is 2.23. The first-order valence-corrected chi connectivity index (χ1v) is 7.59. The van der Waals surface area contributed by atoms with Crippen LogP contribution in [-0.2, 0) is 14.9 Å². The van der Waals surface area contributed by atoms with Crippen LogP contribution >= 0.6 is 0 Å². The third-order valence-electron chi connectivity index (χ3n) is 3.73. The smallest absolute Gasteiger partial charge is 0.238 e. The second-order valence-electron chi connectivity index (χ2n) is 6.79. The fraction of sp³-hybridized carbons (Fsp3) is 0.588. The summed E-state index contributed by atoms with van der Waals surface area (Å²) >= 11 is 0. The number of carbonyl (C=O) groups excluding carboxylic acids is 1. The van der Waals surface area contributed by atoms with Gasteiger partial charge in [-0.1, -0.05) is 32.9 Å². The Morgan fingerprint density at radius 3 is 2.57 bits per heavy atom. The Labute approximate surface area is 127 Å². The summed E-state index contributed by atoms with van der Waals surface area (Å²) < 4.78 is 5.48. The van der Waals surface area contributed by atoms with Crippen molar-refractivity contribution in [1.29, 1.82) is 0 Å². The molecule has 4 nitrogen and oxygen atoms in total. The molecule has 2 rings (SSSR count). The average molecular weight is 290 g/mol. The standard InChI is InChI=1S/C17H26N2O2/c1-13-11-19(9-10-21-13)12-16(20)18-15-7-5-14(6-8-15)17(2,3)4/h5-8,13H,9-12H2,1-4H3,(H,18,20)/t13-/m1/s1. The number of anilines is 1. The molecule has 1 aromatic carbocycles. The topological polar surface area (TPSA) is 41.6 Å². The molecule has 1 heterocycles. The maximum absolute atomic E-state index is 12.1. The number of hydrogen-bond acceptors (Lipinski definition) is 3. The summed E-state index contributed by atoms with van der Waals surface area (Å²) in [6.45, 7) is 11.3. The van der Waals surface area contributed by atoms with Crippen LogP contribution in [0.2, 0.25) is 0 Å². The molecule has 1 amide bonds. The Morgan fingerprint density at radius 2 is 2.00 bits per heavy atom. The van der Waals surface area contributed by atoms with Gasteiger partial charge in [-0.3, -0.25) is 9.69 Å². The molecule has 1 aliphatic heterocycles. The predicted molar refractivity (Wildman–Crippen MR) is 85.6 cm³/mol. The molecule has 0 aromatic heterocycles. The number of ether oxygens (including phenoxy) is 1. The van der Waals surface area contributed by atoms with E-state index in [1.807, 2.05) is 19.1 Å². The number of rotatable bonds is 3. The third kappa shape index (κ3) is 4.83. The summed E-state index contributed by atoms with van der Waals surface area (Å²) in [5.41, 5.74) is 2.25. The monoisotopic (exact) mass is 290 g/mol. The van der Waals surface area contributed by atoms with E-state index in [1.165, 1.54) is 5.56 Å². The molecule has 1 N–H and O–H groups in total. The highest BCUT2D eigenvalue weighted by Gasteiger charge is 2.19. The second kappa shape index (κ2) is 6.58. The number of carbonyl (C=O) groups is 1. The fourth-order valence-corrected chi connectivity index (χ4v) is 2.49. The van der Waals surface area contributed by atoms with Crippen LogP contribution in [0.25, 0.3) is 0 Å². The van der Waals surface area contributed by atoms with E-state index >= 15 is 0 Å². The van der Waals surface area contributed by atoms with Crippen molar-refractivity contribution < 1.29 is 9.53 Å². The van der Waals surface area contributed by atoms with E-state index in [0.29, 0.717) is 13.2 Å². The van der Waals surface area contributed by atoms with Crippen molar-refractivity contribution in [1.82, 2.24) is 4.90 Å². The Morgan fingerprint density at radius 1 is 1.33 bits per heavy atom. The van der Waals surface area contributed by atoms with Crippen molar-refractivity contribution in [2.75, 3.05) is 31.6 Å². The van der Waals surface area contributed by atoms with Crippen LogP contribution in [0.4, 0.5) is 5.69 Å². The molecule has 21 heavy (non-hydrogen) atoms. The highest BCUT2D eigenvalue weighted by molar-refractivity contribution is 5.92. The summed E-state index contributed by atoms with van der Waals surface area (Å²) in [5.74, 6) is 0.0348. The maximum atomic E-state index is 12.1. The van der Waals surface area contributed by atoms with Gasteiger partial charge in [-0.2, -0.15) is 0 Å². The molecule has 1 fully saturated rings. The van der Waals surface area contributed by atoms with Gasteiger partial charge in [0, 0.05) is 18.8 Å². The van der Waals surface area contributed by atoms with Crippen molar-refractivity contribution >= 4 is 11.6 Å². The maximum Gasteiger partial charge on any atom is 0.238 e. The average Bonchev–Trinajstić information content (AvgIpc) is 2.38. The lowest BCUT2D eigenvalue weighted by Gasteiger charge is -2.30. The van der Waals surface area contributed by atoms with Gasteiger partial charge in [-0.25, -0.2) is 0 Å². The second-order valence-corrected chi connectivity index (χ2v) is 6.79. The molecule has 0 spiro atoms. The Bertz CT molecular complexity index is 477. The molecular weight excluding hydrogens is 264 g/mol. The minimum Gasteiger partial charge on any atom is -0.376 e. The summed E-state index contributed by atoms with van der Waals surface area (Å²) in [5, 5.41) is 2.96. The number of morpholine rings is 1. The van der Waals surface area contributed by atoms with E-state index in [2.05, 4.69) is 43.1 Å². The molecular formula is C17H26N2O2. The molecule has 4 heteroatoms. The van der Waals surface area contributed by atoms with Crippen molar-refractivity contribution in [3.8, 4) is 0 Å². The number of benzene rings is 1. The van der Waals surface area contributed by atoms with Crippen molar-refractivity contribution in [2.45, 2.75) is 39.2 Å². The van der Waals surface area contributed by atoms with Gasteiger partial charge < -0.3 is 10.1 Å². The molecule has 0 saturated carbocycles. The molecule has 1 aliphatic rings. The lowest BCUT2D eigenvalue weighted by molar-refractivity contribution is -0.119. The van der Waals surface area contributed by atoms with Crippen LogP contribution in [0.5, 0.6) is 0 Å². The Kier molecular flexibility index (Phi) is 5.01. The lowest BCUT2D eigenvalue weighted by Crippen LogP contribution is -2.44. The predicted octanol–water partition coefficient (Wildman–Crippen LogP) is 2.64. The van der Waals surface area contributed by atoms with E-state index in [9.17, 15) is 4.79 Å². The molecule has 0 unspecified atom stereocenters. The van der Waals surface area contributed by atoms with Crippen LogP contribution < -0.4 is 5.32 Å². The van der Waals surface area contributed by atoms with E-state index in [1.54, 1.807) is 0 Å². The number of nitrogens with one attached hydrogen (secondary N) is 1. The zero-order chi connectivity index (χ0) is 15.5. The minimum atomic E-state index is 0.0348. The van der Waals surface area contributed by atoms with E-state index in [-0.39, 0.29) is 17.4 Å². The number of hydrogen-bond donors (Lipinski definition) is 1. The summed E-state index contributed by atoms with van der Waals surface area (Å²) in [4.78, 5) is 14.2. The Balaban J connectivity index is 1.87. The first-order chi connectivity index (χ1) is 9.84. The lowest BCUT2D eigenvalue weighted by atomic mass is 9.87. The summed E-state index contributed by atoms with van der Waals surface area (Å²) in [6, 6.07) is 8.10. The van der Waals surface area contributed by atoms with Gasteiger partial charge in [0.2, 0.25) is 5.91 Å². The van der Waals surface area contributed by atoms with Gasteiger partial charge in [0.15, 0.2) is 0 Å². The zero-order valence-corrected chi connectivity index (χ0v) is 13.5. The van der Waals surface area contributed by atoms with Crippen LogP contribution in [-0.4, -0.2) is 43.2 Å². The zero-order valence-electron chi connectivity index (χ0n) is 13.5. The van der Waals surface area contributed by atoms with Gasteiger partial charge in [0.25, 0.3) is 0 Å². The van der Waals surface area contributed by atoms with Crippen LogP contribution in [0.15, 0.2) is 24.3 Å². The van der Waals surface area contributed by atoms with Crippen LogP contribution in [0.1, 0.15) is 33.3 Å². The van der Waals surface area contributed by atoms with Crippen LogP contribution in [0.3, 0.4) is 0 Å². The van der Waals surface area contributed by atoms with Gasteiger partial charge in [0.1, 0.15) is 0 Å². The van der Waals surface area contributed by atoms with Crippen LogP contribution in [0, 0.1) is 0 Å². The normalized spacial score (nSPS) is 20.3. The van der Waals surface area contributed by atoms with Crippen molar-refractivity contribution in [3.63, 3.8) is 0 Å². The van der Waals surface area contributed by atoms with Gasteiger partial charge in [-0.05, 0) is 30.0 Å². The molecule has 116 valence electrons. The number of amides is 1. The summed E-state index contributed by atoms with van der Waals surface area (Å²) in [7, 11) is 0. The molecule has 0 bridgehead atoms.